The Bertz CT molecular complexity index is 841. The molecule has 3 rings (SSSR count). The molecule has 0 radical (unpaired) electrons. The van der Waals surface area contributed by atoms with Crippen molar-refractivity contribution in [3.63, 3.8) is 0 Å². The van der Waals surface area contributed by atoms with E-state index in [2.05, 4.69) is 4.98 Å². The molecule has 4 nitrogen and oxygen atoms in total. The largest absolute Gasteiger partial charge is 0.461 e. The van der Waals surface area contributed by atoms with Crippen LogP contribution >= 0.6 is 11.3 Å². The lowest BCUT2D eigenvalue weighted by atomic mass is 10.2. The summed E-state index contributed by atoms with van der Waals surface area (Å²) in [6, 6.07) is 5.36. The molecule has 0 N–H and O–H groups in total. The van der Waals surface area contributed by atoms with Gasteiger partial charge in [0.2, 0.25) is 0 Å². The maximum atomic E-state index is 13.4. The van der Waals surface area contributed by atoms with Gasteiger partial charge in [-0.1, -0.05) is 6.07 Å². The number of halogens is 2. The zero-order chi connectivity index (χ0) is 15.7. The molecule has 114 valence electrons. The van der Waals surface area contributed by atoms with E-state index in [4.69, 9.17) is 4.74 Å². The summed E-state index contributed by atoms with van der Waals surface area (Å²) in [5.74, 6) is -2.28. The van der Waals surface area contributed by atoms with Crippen molar-refractivity contribution in [2.24, 2.45) is 0 Å². The van der Waals surface area contributed by atoms with Crippen LogP contribution in [0.25, 0.3) is 10.3 Å². The predicted octanol–water partition coefficient (Wildman–Crippen LogP) is 3.60. The molecule has 0 saturated heterocycles. The topological polar surface area (TPSA) is 44.1 Å². The van der Waals surface area contributed by atoms with Crippen molar-refractivity contribution in [2.75, 3.05) is 6.61 Å². The molecule has 1 aromatic carbocycles. The van der Waals surface area contributed by atoms with Gasteiger partial charge in [0.1, 0.15) is 5.69 Å². The first-order valence-electron chi connectivity index (χ1n) is 6.64. The molecule has 0 aliphatic rings. The number of carbonyl (C=O) groups is 1. The summed E-state index contributed by atoms with van der Waals surface area (Å²) in [4.78, 5) is 16.3. The standard InChI is InChI=1S/C15H12F2N2O2S/c1-2-21-15(20)12-6-13-14(18-8-22-13)19(12)7-9-3-4-10(16)11(17)5-9/h3-6,8H,2,7H2,1H3. The van der Waals surface area contributed by atoms with E-state index in [0.717, 1.165) is 16.8 Å². The Labute approximate surface area is 129 Å². The second-order valence-corrected chi connectivity index (χ2v) is 5.51. The SMILES string of the molecule is CCOC(=O)c1cc2scnc2n1Cc1ccc(F)c(F)c1. The zero-order valence-corrected chi connectivity index (χ0v) is 12.5. The molecule has 2 heterocycles. The highest BCUT2D eigenvalue weighted by atomic mass is 32.1. The number of ether oxygens (including phenoxy) is 1. The van der Waals surface area contributed by atoms with Crippen LogP contribution in [0, 0.1) is 11.6 Å². The van der Waals surface area contributed by atoms with Crippen LogP contribution < -0.4 is 0 Å². The molecule has 0 saturated carbocycles. The molecule has 0 bridgehead atoms. The van der Waals surface area contributed by atoms with Gasteiger partial charge in [-0.15, -0.1) is 11.3 Å². The van der Waals surface area contributed by atoms with Gasteiger partial charge < -0.3 is 9.30 Å². The first-order chi connectivity index (χ1) is 10.6. The van der Waals surface area contributed by atoms with Crippen molar-refractivity contribution in [3.05, 3.63) is 52.7 Å². The highest BCUT2D eigenvalue weighted by molar-refractivity contribution is 7.16. The highest BCUT2D eigenvalue weighted by Crippen LogP contribution is 2.24. The summed E-state index contributed by atoms with van der Waals surface area (Å²) in [6.45, 7) is 2.19. The second-order valence-electron chi connectivity index (χ2n) is 4.62. The third-order valence-electron chi connectivity index (χ3n) is 3.20. The minimum atomic E-state index is -0.920. The van der Waals surface area contributed by atoms with Crippen LogP contribution in [0.3, 0.4) is 0 Å². The molecule has 3 aromatic rings. The fourth-order valence-corrected chi connectivity index (χ4v) is 2.94. The van der Waals surface area contributed by atoms with E-state index in [-0.39, 0.29) is 13.2 Å². The molecule has 0 amide bonds. The first-order valence-corrected chi connectivity index (χ1v) is 7.52. The molecule has 0 unspecified atom stereocenters. The van der Waals surface area contributed by atoms with E-state index in [1.165, 1.54) is 17.4 Å². The Kier molecular flexibility index (Phi) is 3.89. The quantitative estimate of drug-likeness (QED) is 0.689. The normalized spacial score (nSPS) is 11.0. The number of esters is 1. The number of benzene rings is 1. The van der Waals surface area contributed by atoms with Gasteiger partial charge in [0.05, 0.1) is 16.8 Å². The number of hydrogen-bond donors (Lipinski definition) is 0. The summed E-state index contributed by atoms with van der Waals surface area (Å²) in [7, 11) is 0. The molecule has 0 atom stereocenters. The van der Waals surface area contributed by atoms with Crippen molar-refractivity contribution < 1.29 is 18.3 Å². The molecule has 7 heteroatoms. The molecular weight excluding hydrogens is 310 g/mol. The number of nitrogens with zero attached hydrogens (tertiary/aromatic N) is 2. The summed E-state index contributed by atoms with van der Waals surface area (Å²) >= 11 is 1.40. The van der Waals surface area contributed by atoms with Crippen molar-refractivity contribution in [3.8, 4) is 0 Å². The molecule has 0 spiro atoms. The lowest BCUT2D eigenvalue weighted by Crippen LogP contribution is -2.13. The zero-order valence-electron chi connectivity index (χ0n) is 11.7. The van der Waals surface area contributed by atoms with Crippen molar-refractivity contribution >= 4 is 27.7 Å². The number of aromatic nitrogens is 2. The number of hydrogen-bond acceptors (Lipinski definition) is 4. The van der Waals surface area contributed by atoms with Gasteiger partial charge in [-0.3, -0.25) is 0 Å². The van der Waals surface area contributed by atoms with Crippen LogP contribution in [-0.2, 0) is 11.3 Å². The van der Waals surface area contributed by atoms with Gasteiger partial charge >= 0.3 is 5.97 Å². The summed E-state index contributed by atoms with van der Waals surface area (Å²) < 4.78 is 33.9. The van der Waals surface area contributed by atoms with Crippen LogP contribution in [-0.4, -0.2) is 22.1 Å². The fourth-order valence-electron chi connectivity index (χ4n) is 2.22. The lowest BCUT2D eigenvalue weighted by molar-refractivity contribution is 0.0515. The van der Waals surface area contributed by atoms with Crippen molar-refractivity contribution in [2.45, 2.75) is 13.5 Å². The van der Waals surface area contributed by atoms with E-state index in [1.54, 1.807) is 23.1 Å². The summed E-state index contributed by atoms with van der Waals surface area (Å²) in [5.41, 5.74) is 3.18. The molecule has 0 aliphatic carbocycles. The molecular formula is C15H12F2N2O2S. The van der Waals surface area contributed by atoms with E-state index < -0.39 is 17.6 Å². The first kappa shape index (κ1) is 14.6. The fraction of sp³-hybridized carbons (Fsp3) is 0.200. The molecule has 2 aromatic heterocycles. The van der Waals surface area contributed by atoms with E-state index in [1.807, 2.05) is 0 Å². The predicted molar refractivity (Wildman–Crippen MR) is 79.0 cm³/mol. The van der Waals surface area contributed by atoms with Crippen LogP contribution in [0.5, 0.6) is 0 Å². The van der Waals surface area contributed by atoms with Gasteiger partial charge in [-0.2, -0.15) is 0 Å². The lowest BCUT2D eigenvalue weighted by Gasteiger charge is -2.09. The Morgan fingerprint density at radius 2 is 2.14 bits per heavy atom. The number of thiazole rings is 1. The van der Waals surface area contributed by atoms with Crippen LogP contribution in [0.2, 0.25) is 0 Å². The molecule has 22 heavy (non-hydrogen) atoms. The second kappa shape index (κ2) is 5.84. The number of fused-ring (bicyclic) bond motifs is 1. The van der Waals surface area contributed by atoms with E-state index in [9.17, 15) is 13.6 Å². The average molecular weight is 322 g/mol. The third kappa shape index (κ3) is 2.59. The van der Waals surface area contributed by atoms with E-state index >= 15 is 0 Å². The molecule has 0 fully saturated rings. The maximum Gasteiger partial charge on any atom is 0.355 e. The highest BCUT2D eigenvalue weighted by Gasteiger charge is 2.19. The van der Waals surface area contributed by atoms with Gasteiger partial charge in [0, 0.05) is 6.54 Å². The minimum absolute atomic E-state index is 0.207. The Balaban J connectivity index is 2.03. The van der Waals surface area contributed by atoms with Crippen molar-refractivity contribution in [1.29, 1.82) is 0 Å². The average Bonchev–Trinajstić information content (AvgIpc) is 3.06. The van der Waals surface area contributed by atoms with Gasteiger partial charge in [-0.25, -0.2) is 18.6 Å². The van der Waals surface area contributed by atoms with Crippen LogP contribution in [0.1, 0.15) is 23.0 Å². The third-order valence-corrected chi connectivity index (χ3v) is 3.96. The maximum absolute atomic E-state index is 13.4. The van der Waals surface area contributed by atoms with E-state index in [0.29, 0.717) is 16.9 Å². The summed E-state index contributed by atoms with van der Waals surface area (Å²) in [6.07, 6.45) is 0. The Hall–Kier alpha value is -2.28. The van der Waals surface area contributed by atoms with Gasteiger partial charge in [0.15, 0.2) is 17.3 Å². The van der Waals surface area contributed by atoms with Gasteiger partial charge in [-0.05, 0) is 30.7 Å². The Morgan fingerprint density at radius 3 is 2.86 bits per heavy atom. The van der Waals surface area contributed by atoms with Gasteiger partial charge in [0.25, 0.3) is 0 Å². The monoisotopic (exact) mass is 322 g/mol. The van der Waals surface area contributed by atoms with Crippen LogP contribution in [0.15, 0.2) is 29.8 Å². The van der Waals surface area contributed by atoms with Crippen molar-refractivity contribution in [1.82, 2.24) is 9.55 Å². The molecule has 0 aliphatic heterocycles. The Morgan fingerprint density at radius 1 is 1.32 bits per heavy atom. The van der Waals surface area contributed by atoms with Crippen LogP contribution in [0.4, 0.5) is 8.78 Å². The minimum Gasteiger partial charge on any atom is -0.461 e. The number of carbonyl (C=O) groups excluding carboxylic acids is 1. The summed E-state index contributed by atoms with van der Waals surface area (Å²) in [5, 5.41) is 0. The smallest absolute Gasteiger partial charge is 0.355 e. The number of rotatable bonds is 4.